The molecule has 1 N–H and O–H groups in total. The highest BCUT2D eigenvalue weighted by Crippen LogP contribution is 2.44. The average molecular weight is 293 g/mol. The molecule has 0 aromatic rings. The predicted molar refractivity (Wildman–Crippen MR) is 88.5 cm³/mol. The van der Waals surface area contributed by atoms with E-state index >= 15 is 0 Å². The van der Waals surface area contributed by atoms with E-state index < -0.39 is 0 Å². The third kappa shape index (κ3) is 4.01. The van der Waals surface area contributed by atoms with Gasteiger partial charge in [0, 0.05) is 12.6 Å². The molecule has 2 atom stereocenters. The van der Waals surface area contributed by atoms with Crippen LogP contribution in [0.25, 0.3) is 0 Å². The van der Waals surface area contributed by atoms with Crippen LogP contribution in [0, 0.1) is 11.8 Å². The zero-order chi connectivity index (χ0) is 14.5. The first-order valence-corrected chi connectivity index (χ1v) is 9.69. The van der Waals surface area contributed by atoms with Gasteiger partial charge in [0.25, 0.3) is 0 Å². The van der Waals surface area contributed by atoms with Gasteiger partial charge < -0.3 is 10.1 Å². The van der Waals surface area contributed by atoms with Gasteiger partial charge in [0.15, 0.2) is 0 Å². The van der Waals surface area contributed by atoms with Gasteiger partial charge in [0.2, 0.25) is 0 Å². The third-order valence-electron chi connectivity index (χ3n) is 6.33. The predicted octanol–water partition coefficient (Wildman–Crippen LogP) is 4.67. The molecule has 2 nitrogen and oxygen atoms in total. The van der Waals surface area contributed by atoms with Crippen LogP contribution in [0.4, 0.5) is 0 Å². The summed E-state index contributed by atoms with van der Waals surface area (Å²) in [5.41, 5.74) is 0.282. The number of rotatable bonds is 6. The Morgan fingerprint density at radius 3 is 2.57 bits per heavy atom. The zero-order valence-electron chi connectivity index (χ0n) is 14.0. The van der Waals surface area contributed by atoms with E-state index in [1.807, 2.05) is 0 Å². The van der Waals surface area contributed by atoms with Crippen molar-refractivity contribution in [2.24, 2.45) is 11.8 Å². The molecule has 2 unspecified atom stereocenters. The van der Waals surface area contributed by atoms with Gasteiger partial charge in [-0.1, -0.05) is 45.4 Å². The summed E-state index contributed by atoms with van der Waals surface area (Å²) >= 11 is 0. The number of ether oxygens (including phenoxy) is 1. The standard InChI is InChI=1S/C19H35NO/c1-2-12-20-18(14-16-7-3-4-8-16)17-9-13-21-19(15-17)10-5-6-11-19/h16-18,20H,2-15H2,1H3. The number of nitrogens with one attached hydrogen (secondary N) is 1. The van der Waals surface area contributed by atoms with Crippen LogP contribution >= 0.6 is 0 Å². The Morgan fingerprint density at radius 2 is 1.86 bits per heavy atom. The second-order valence-electron chi connectivity index (χ2n) is 7.94. The van der Waals surface area contributed by atoms with E-state index in [0.29, 0.717) is 0 Å². The highest BCUT2D eigenvalue weighted by atomic mass is 16.5. The van der Waals surface area contributed by atoms with Crippen molar-refractivity contribution in [3.63, 3.8) is 0 Å². The Morgan fingerprint density at radius 1 is 1.10 bits per heavy atom. The lowest BCUT2D eigenvalue weighted by atomic mass is 9.78. The van der Waals surface area contributed by atoms with Crippen molar-refractivity contribution in [3.8, 4) is 0 Å². The molecule has 1 aliphatic heterocycles. The molecule has 3 aliphatic rings. The van der Waals surface area contributed by atoms with Gasteiger partial charge in [0.1, 0.15) is 0 Å². The molecule has 21 heavy (non-hydrogen) atoms. The maximum Gasteiger partial charge on any atom is 0.0685 e. The number of hydrogen-bond donors (Lipinski definition) is 1. The molecule has 0 aromatic heterocycles. The minimum absolute atomic E-state index is 0.282. The van der Waals surface area contributed by atoms with Crippen LogP contribution in [0.2, 0.25) is 0 Å². The van der Waals surface area contributed by atoms with Crippen LogP contribution in [0.3, 0.4) is 0 Å². The molecular formula is C19H35NO. The fourth-order valence-corrected chi connectivity index (χ4v) is 5.15. The van der Waals surface area contributed by atoms with Crippen LogP contribution in [-0.4, -0.2) is 24.8 Å². The first-order valence-electron chi connectivity index (χ1n) is 9.69. The molecule has 1 spiro atoms. The summed E-state index contributed by atoms with van der Waals surface area (Å²) < 4.78 is 6.25. The van der Waals surface area contributed by atoms with Gasteiger partial charge in [-0.05, 0) is 56.9 Å². The number of hydrogen-bond acceptors (Lipinski definition) is 2. The van der Waals surface area contributed by atoms with Crippen molar-refractivity contribution in [2.75, 3.05) is 13.2 Å². The minimum atomic E-state index is 0.282. The molecule has 3 rings (SSSR count). The summed E-state index contributed by atoms with van der Waals surface area (Å²) in [4.78, 5) is 0. The normalized spacial score (nSPS) is 31.0. The quantitative estimate of drug-likeness (QED) is 0.768. The Balaban J connectivity index is 1.60. The Bertz CT molecular complexity index is 305. The summed E-state index contributed by atoms with van der Waals surface area (Å²) in [6.45, 7) is 4.50. The largest absolute Gasteiger partial charge is 0.375 e. The monoisotopic (exact) mass is 293 g/mol. The van der Waals surface area contributed by atoms with E-state index in [1.165, 1.54) is 83.6 Å². The molecule has 2 saturated carbocycles. The van der Waals surface area contributed by atoms with Crippen molar-refractivity contribution in [1.82, 2.24) is 5.32 Å². The highest BCUT2D eigenvalue weighted by molar-refractivity contribution is 4.95. The molecule has 1 saturated heterocycles. The van der Waals surface area contributed by atoms with E-state index in [2.05, 4.69) is 12.2 Å². The van der Waals surface area contributed by atoms with E-state index in [0.717, 1.165) is 24.5 Å². The summed E-state index contributed by atoms with van der Waals surface area (Å²) in [7, 11) is 0. The van der Waals surface area contributed by atoms with Gasteiger partial charge in [-0.25, -0.2) is 0 Å². The third-order valence-corrected chi connectivity index (χ3v) is 6.33. The second kappa shape index (κ2) is 7.46. The van der Waals surface area contributed by atoms with E-state index in [-0.39, 0.29) is 5.60 Å². The van der Waals surface area contributed by atoms with Crippen LogP contribution in [-0.2, 0) is 4.74 Å². The Hall–Kier alpha value is -0.0800. The van der Waals surface area contributed by atoms with Crippen LogP contribution in [0.1, 0.15) is 84.0 Å². The minimum Gasteiger partial charge on any atom is -0.375 e. The molecule has 0 aromatic carbocycles. The fourth-order valence-electron chi connectivity index (χ4n) is 5.15. The summed E-state index contributed by atoms with van der Waals surface area (Å²) in [6, 6.07) is 0.759. The van der Waals surface area contributed by atoms with Crippen LogP contribution in [0.15, 0.2) is 0 Å². The second-order valence-corrected chi connectivity index (χ2v) is 7.94. The molecule has 0 bridgehead atoms. The first-order chi connectivity index (χ1) is 10.3. The van der Waals surface area contributed by atoms with E-state index in [9.17, 15) is 0 Å². The summed E-state index contributed by atoms with van der Waals surface area (Å²) in [6.07, 6.45) is 16.7. The van der Waals surface area contributed by atoms with Gasteiger partial charge >= 0.3 is 0 Å². The lowest BCUT2D eigenvalue weighted by Crippen LogP contribution is -2.46. The van der Waals surface area contributed by atoms with E-state index in [4.69, 9.17) is 4.74 Å². The van der Waals surface area contributed by atoms with Crippen molar-refractivity contribution in [3.05, 3.63) is 0 Å². The molecule has 1 heterocycles. The van der Waals surface area contributed by atoms with Crippen LogP contribution < -0.4 is 5.32 Å². The summed E-state index contributed by atoms with van der Waals surface area (Å²) in [5.74, 6) is 1.87. The summed E-state index contributed by atoms with van der Waals surface area (Å²) in [5, 5.41) is 3.92. The molecule has 0 amide bonds. The Kier molecular flexibility index (Phi) is 5.61. The topological polar surface area (TPSA) is 21.3 Å². The van der Waals surface area contributed by atoms with Gasteiger partial charge in [-0.2, -0.15) is 0 Å². The lowest BCUT2D eigenvalue weighted by molar-refractivity contribution is -0.0988. The van der Waals surface area contributed by atoms with E-state index in [1.54, 1.807) is 0 Å². The zero-order valence-corrected chi connectivity index (χ0v) is 14.0. The maximum atomic E-state index is 6.25. The van der Waals surface area contributed by atoms with Crippen LogP contribution in [0.5, 0.6) is 0 Å². The molecule has 3 fully saturated rings. The highest BCUT2D eigenvalue weighted by Gasteiger charge is 2.42. The Labute approximate surface area is 131 Å². The SMILES string of the molecule is CCCNC(CC1CCCC1)C1CCOC2(CCCC2)C1. The molecule has 2 aliphatic carbocycles. The van der Waals surface area contributed by atoms with Crippen molar-refractivity contribution >= 4 is 0 Å². The molecular weight excluding hydrogens is 258 g/mol. The maximum absolute atomic E-state index is 6.25. The first kappa shape index (κ1) is 15.8. The van der Waals surface area contributed by atoms with Gasteiger partial charge in [-0.3, -0.25) is 0 Å². The van der Waals surface area contributed by atoms with Crippen molar-refractivity contribution in [1.29, 1.82) is 0 Å². The van der Waals surface area contributed by atoms with Gasteiger partial charge in [0.05, 0.1) is 5.60 Å². The molecule has 122 valence electrons. The average Bonchev–Trinajstić information content (AvgIpc) is 3.16. The lowest BCUT2D eigenvalue weighted by Gasteiger charge is -2.42. The fraction of sp³-hybridized carbons (Fsp3) is 1.00. The molecule has 2 heteroatoms. The van der Waals surface area contributed by atoms with Crippen molar-refractivity contribution in [2.45, 2.75) is 95.6 Å². The smallest absolute Gasteiger partial charge is 0.0685 e. The molecule has 0 radical (unpaired) electrons. The van der Waals surface area contributed by atoms with Crippen molar-refractivity contribution < 1.29 is 4.74 Å². The van der Waals surface area contributed by atoms with Gasteiger partial charge in [-0.15, -0.1) is 0 Å².